The maximum absolute atomic E-state index is 2.40. The van der Waals surface area contributed by atoms with Crippen molar-refractivity contribution in [3.05, 3.63) is 267 Å². The second-order valence-corrected chi connectivity index (χ2v) is 16.9. The van der Waals surface area contributed by atoms with Crippen molar-refractivity contribution in [3.63, 3.8) is 0 Å². The molecule has 0 aliphatic rings. The molecule has 0 radical (unpaired) electrons. The van der Waals surface area contributed by atoms with E-state index in [1.165, 1.54) is 77.1 Å². The Bertz CT molecular complexity index is 3560. The van der Waals surface area contributed by atoms with Gasteiger partial charge in [-0.15, -0.1) is 0 Å². The van der Waals surface area contributed by atoms with Crippen LogP contribution in [0.5, 0.6) is 0 Å². The van der Waals surface area contributed by atoms with Crippen LogP contribution in [0.4, 0.5) is 17.1 Å². The van der Waals surface area contributed by atoms with E-state index in [1.807, 2.05) is 0 Å². The highest BCUT2D eigenvalue weighted by molar-refractivity contribution is 6.16. The Morgan fingerprint density at radius 2 is 0.667 bits per heavy atom. The fourth-order valence-electron chi connectivity index (χ4n) is 9.81. The minimum atomic E-state index is 1.09. The first-order valence-electron chi connectivity index (χ1n) is 22.7. The summed E-state index contributed by atoms with van der Waals surface area (Å²) < 4.78 is 2.40. The number of anilines is 3. The summed E-state index contributed by atoms with van der Waals surface area (Å²) in [4.78, 5) is 2.36. The molecule has 0 saturated heterocycles. The molecular formula is C64H44N2. The van der Waals surface area contributed by atoms with Gasteiger partial charge in [0.05, 0.1) is 11.0 Å². The number of rotatable bonds is 9. The molecule has 66 heavy (non-hydrogen) atoms. The van der Waals surface area contributed by atoms with Crippen LogP contribution in [-0.4, -0.2) is 4.57 Å². The molecule has 0 amide bonds. The van der Waals surface area contributed by atoms with Crippen LogP contribution in [0.1, 0.15) is 0 Å². The molecule has 0 atom stereocenters. The third-order valence-corrected chi connectivity index (χ3v) is 13.0. The Morgan fingerprint density at radius 3 is 1.27 bits per heavy atom. The Labute approximate surface area is 385 Å². The smallest absolute Gasteiger partial charge is 0.0547 e. The minimum Gasteiger partial charge on any atom is -0.311 e. The SMILES string of the molecule is c1ccc(-c2ccc(N(c3ccc(-c4ccccc4)cc3)c3ccc(-c4cc(-c5cccc6ccccc56)cc(-c5cccc6c5c5ccccc5n6-c5ccccc5)c4)cc3)cc2)cc1. The molecule has 0 bridgehead atoms. The lowest BCUT2D eigenvalue weighted by molar-refractivity contribution is 1.18. The molecular weight excluding hydrogens is 797 g/mol. The van der Waals surface area contributed by atoms with E-state index in [4.69, 9.17) is 0 Å². The lowest BCUT2D eigenvalue weighted by Crippen LogP contribution is -2.09. The number of hydrogen-bond acceptors (Lipinski definition) is 1. The summed E-state index contributed by atoms with van der Waals surface area (Å²) in [5.74, 6) is 0. The lowest BCUT2D eigenvalue weighted by atomic mass is 9.90. The van der Waals surface area contributed by atoms with Crippen molar-refractivity contribution in [1.29, 1.82) is 0 Å². The van der Waals surface area contributed by atoms with Gasteiger partial charge in [-0.25, -0.2) is 0 Å². The number of aromatic nitrogens is 1. The summed E-state index contributed by atoms with van der Waals surface area (Å²) in [5, 5.41) is 4.96. The molecule has 0 saturated carbocycles. The zero-order valence-corrected chi connectivity index (χ0v) is 36.3. The van der Waals surface area contributed by atoms with Crippen LogP contribution < -0.4 is 4.90 Å². The Morgan fingerprint density at radius 1 is 0.258 bits per heavy atom. The zero-order chi connectivity index (χ0) is 43.8. The number of para-hydroxylation sites is 2. The molecule has 11 aromatic carbocycles. The van der Waals surface area contributed by atoms with Crippen molar-refractivity contribution in [1.82, 2.24) is 4.57 Å². The van der Waals surface area contributed by atoms with E-state index in [0.29, 0.717) is 0 Å². The van der Waals surface area contributed by atoms with Gasteiger partial charge < -0.3 is 9.47 Å². The third kappa shape index (κ3) is 7.12. The van der Waals surface area contributed by atoms with E-state index in [2.05, 4.69) is 276 Å². The van der Waals surface area contributed by atoms with Crippen LogP contribution in [0, 0.1) is 0 Å². The van der Waals surface area contributed by atoms with Crippen molar-refractivity contribution in [2.75, 3.05) is 4.90 Å². The van der Waals surface area contributed by atoms with Crippen molar-refractivity contribution < 1.29 is 0 Å². The monoisotopic (exact) mass is 840 g/mol. The molecule has 0 spiro atoms. The highest BCUT2D eigenvalue weighted by atomic mass is 15.1. The van der Waals surface area contributed by atoms with Gasteiger partial charge in [-0.05, 0) is 145 Å². The maximum Gasteiger partial charge on any atom is 0.0547 e. The van der Waals surface area contributed by atoms with Crippen LogP contribution in [0.3, 0.4) is 0 Å². The Balaban J connectivity index is 1.01. The number of fused-ring (bicyclic) bond motifs is 4. The average Bonchev–Trinajstić information content (AvgIpc) is 3.74. The van der Waals surface area contributed by atoms with E-state index in [9.17, 15) is 0 Å². The van der Waals surface area contributed by atoms with E-state index < -0.39 is 0 Å². The average molecular weight is 841 g/mol. The zero-order valence-electron chi connectivity index (χ0n) is 36.3. The van der Waals surface area contributed by atoms with Crippen molar-refractivity contribution in [2.24, 2.45) is 0 Å². The number of hydrogen-bond donors (Lipinski definition) is 0. The first-order valence-corrected chi connectivity index (χ1v) is 22.7. The predicted octanol–water partition coefficient (Wildman–Crippen LogP) is 17.7. The van der Waals surface area contributed by atoms with Crippen molar-refractivity contribution in [3.8, 4) is 61.3 Å². The molecule has 0 fully saturated rings. The van der Waals surface area contributed by atoms with Gasteiger partial charge >= 0.3 is 0 Å². The summed E-state index contributed by atoms with van der Waals surface area (Å²) in [5.41, 5.74) is 18.7. The van der Waals surface area contributed by atoms with Gasteiger partial charge in [-0.1, -0.05) is 188 Å². The molecule has 2 nitrogen and oxygen atoms in total. The first kappa shape index (κ1) is 38.9. The topological polar surface area (TPSA) is 8.17 Å². The van der Waals surface area contributed by atoms with Crippen molar-refractivity contribution >= 4 is 49.6 Å². The first-order chi connectivity index (χ1) is 32.7. The molecule has 12 aromatic rings. The maximum atomic E-state index is 2.40. The third-order valence-electron chi connectivity index (χ3n) is 13.0. The molecule has 1 heterocycles. The summed E-state index contributed by atoms with van der Waals surface area (Å²) in [7, 11) is 0. The van der Waals surface area contributed by atoms with Crippen LogP contribution in [0.25, 0.3) is 93.9 Å². The quantitative estimate of drug-likeness (QED) is 0.141. The summed E-state index contributed by atoms with van der Waals surface area (Å²) in [6.45, 7) is 0. The predicted molar refractivity (Wildman–Crippen MR) is 280 cm³/mol. The van der Waals surface area contributed by atoms with Crippen LogP contribution in [-0.2, 0) is 0 Å². The summed E-state index contributed by atoms with van der Waals surface area (Å²) >= 11 is 0. The number of benzene rings is 11. The van der Waals surface area contributed by atoms with Gasteiger partial charge in [0.1, 0.15) is 0 Å². The molecule has 0 N–H and O–H groups in total. The van der Waals surface area contributed by atoms with Crippen molar-refractivity contribution in [2.45, 2.75) is 0 Å². The highest BCUT2D eigenvalue weighted by Crippen LogP contribution is 2.43. The van der Waals surface area contributed by atoms with E-state index in [-0.39, 0.29) is 0 Å². The Kier molecular flexibility index (Phi) is 9.89. The van der Waals surface area contributed by atoms with E-state index >= 15 is 0 Å². The summed E-state index contributed by atoms with van der Waals surface area (Å²) in [6.07, 6.45) is 0. The second-order valence-electron chi connectivity index (χ2n) is 16.9. The lowest BCUT2D eigenvalue weighted by Gasteiger charge is -2.26. The van der Waals surface area contributed by atoms with Gasteiger partial charge in [-0.2, -0.15) is 0 Å². The molecule has 0 aliphatic carbocycles. The van der Waals surface area contributed by atoms with Gasteiger partial charge in [0.25, 0.3) is 0 Å². The normalized spacial score (nSPS) is 11.3. The summed E-state index contributed by atoms with van der Waals surface area (Å²) in [6, 6.07) is 96.9. The van der Waals surface area contributed by atoms with Gasteiger partial charge in [0.15, 0.2) is 0 Å². The largest absolute Gasteiger partial charge is 0.311 e. The van der Waals surface area contributed by atoms with Gasteiger partial charge in [0, 0.05) is 33.5 Å². The molecule has 0 aliphatic heterocycles. The van der Waals surface area contributed by atoms with Gasteiger partial charge in [-0.3, -0.25) is 0 Å². The number of nitrogens with zero attached hydrogens (tertiary/aromatic N) is 2. The molecule has 0 unspecified atom stereocenters. The van der Waals surface area contributed by atoms with Gasteiger partial charge in [0.2, 0.25) is 0 Å². The second kappa shape index (κ2) is 16.8. The minimum absolute atomic E-state index is 1.09. The fraction of sp³-hybridized carbons (Fsp3) is 0. The Hall–Kier alpha value is -8.72. The molecule has 2 heteroatoms. The van der Waals surface area contributed by atoms with Crippen LogP contribution >= 0.6 is 0 Å². The molecule has 1 aromatic heterocycles. The standard InChI is InChI=1S/C64H44N2/c1-4-16-45(17-5-1)47-30-36-55(37-31-47)65(56-38-32-48(33-39-56)46-18-6-2-7-19-46)57-40-34-49(35-41-57)51-42-52(59-26-14-21-50-20-10-11-24-58(50)59)44-53(43-51)60-27-15-29-63-64(60)61-25-12-13-28-62(61)66(63)54-22-8-3-9-23-54/h1-44H. The highest BCUT2D eigenvalue weighted by Gasteiger charge is 2.19. The van der Waals surface area contributed by atoms with E-state index in [1.54, 1.807) is 0 Å². The molecule has 310 valence electrons. The van der Waals surface area contributed by atoms with Crippen LogP contribution in [0.2, 0.25) is 0 Å². The van der Waals surface area contributed by atoms with E-state index in [0.717, 1.165) is 33.9 Å². The fourth-order valence-corrected chi connectivity index (χ4v) is 9.81. The molecule has 12 rings (SSSR count). The van der Waals surface area contributed by atoms with Crippen LogP contribution in [0.15, 0.2) is 267 Å².